The fourth-order valence-corrected chi connectivity index (χ4v) is 3.82. The number of aryl methyl sites for hydroxylation is 1. The smallest absolute Gasteiger partial charge is 0.242 e. The number of hydrogen-bond donors (Lipinski definition) is 2. The number of anilines is 1. The van der Waals surface area contributed by atoms with Gasteiger partial charge in [0.1, 0.15) is 0 Å². The van der Waals surface area contributed by atoms with E-state index in [0.29, 0.717) is 5.69 Å². The summed E-state index contributed by atoms with van der Waals surface area (Å²) >= 11 is 3.26. The van der Waals surface area contributed by atoms with Gasteiger partial charge in [0.15, 0.2) is 0 Å². The van der Waals surface area contributed by atoms with Crippen LogP contribution in [0.15, 0.2) is 57.9 Å². The Balaban J connectivity index is 1.97. The predicted octanol–water partition coefficient (Wildman–Crippen LogP) is 4.10. The van der Waals surface area contributed by atoms with E-state index in [2.05, 4.69) is 32.9 Å². The summed E-state index contributed by atoms with van der Waals surface area (Å²) in [5, 5.41) is 2.73. The first-order valence-electron chi connectivity index (χ1n) is 8.49. The van der Waals surface area contributed by atoms with Gasteiger partial charge in [0.2, 0.25) is 15.9 Å². The molecule has 7 heteroatoms. The molecule has 26 heavy (non-hydrogen) atoms. The van der Waals surface area contributed by atoms with E-state index in [1.165, 1.54) is 24.6 Å². The van der Waals surface area contributed by atoms with Crippen LogP contribution < -0.4 is 10.0 Å². The maximum atomic E-state index is 12.3. The van der Waals surface area contributed by atoms with Gasteiger partial charge in [-0.15, -0.1) is 0 Å². The molecule has 0 aliphatic rings. The van der Waals surface area contributed by atoms with Gasteiger partial charge in [-0.3, -0.25) is 4.79 Å². The van der Waals surface area contributed by atoms with Crippen LogP contribution in [0.3, 0.4) is 0 Å². The van der Waals surface area contributed by atoms with Crippen molar-refractivity contribution < 1.29 is 13.2 Å². The Hall–Kier alpha value is -1.70. The number of carbonyl (C=O) groups excluding carboxylic acids is 1. The fraction of sp³-hybridized carbons (Fsp3) is 0.316. The van der Waals surface area contributed by atoms with Crippen molar-refractivity contribution in [1.29, 1.82) is 0 Å². The van der Waals surface area contributed by atoms with Gasteiger partial charge in [0, 0.05) is 10.2 Å². The second-order valence-electron chi connectivity index (χ2n) is 6.09. The summed E-state index contributed by atoms with van der Waals surface area (Å²) in [6.45, 7) is 3.66. The van der Waals surface area contributed by atoms with Crippen molar-refractivity contribution in [3.05, 3.63) is 58.6 Å². The Kier molecular flexibility index (Phi) is 7.37. The summed E-state index contributed by atoms with van der Waals surface area (Å²) in [6, 6.07) is 12.9. The molecule has 0 heterocycles. The Morgan fingerprint density at radius 2 is 1.69 bits per heavy atom. The van der Waals surface area contributed by atoms with E-state index >= 15 is 0 Å². The molecule has 1 unspecified atom stereocenters. The lowest BCUT2D eigenvalue weighted by molar-refractivity contribution is -0.117. The van der Waals surface area contributed by atoms with Crippen molar-refractivity contribution in [2.45, 2.75) is 44.0 Å². The molecule has 0 radical (unpaired) electrons. The minimum atomic E-state index is -3.76. The van der Waals surface area contributed by atoms with Crippen molar-refractivity contribution in [3.63, 3.8) is 0 Å². The van der Waals surface area contributed by atoms with Crippen molar-refractivity contribution in [3.8, 4) is 0 Å². The quantitative estimate of drug-likeness (QED) is 0.651. The van der Waals surface area contributed by atoms with E-state index in [1.807, 2.05) is 24.3 Å². The van der Waals surface area contributed by atoms with Gasteiger partial charge < -0.3 is 5.32 Å². The van der Waals surface area contributed by atoms with Gasteiger partial charge >= 0.3 is 0 Å². The Morgan fingerprint density at radius 3 is 2.27 bits per heavy atom. The maximum absolute atomic E-state index is 12.3. The monoisotopic (exact) mass is 438 g/mol. The van der Waals surface area contributed by atoms with Gasteiger partial charge in [-0.05, 0) is 61.7 Å². The summed E-state index contributed by atoms with van der Waals surface area (Å²) < 4.78 is 27.9. The van der Waals surface area contributed by atoms with Crippen LogP contribution in [-0.2, 0) is 21.2 Å². The van der Waals surface area contributed by atoms with E-state index in [-0.39, 0.29) is 4.90 Å². The molecular weight excluding hydrogens is 416 g/mol. The Morgan fingerprint density at radius 1 is 1.08 bits per heavy atom. The second-order valence-corrected chi connectivity index (χ2v) is 8.72. The molecule has 1 atom stereocenters. The average Bonchev–Trinajstić information content (AvgIpc) is 2.61. The van der Waals surface area contributed by atoms with E-state index in [0.717, 1.165) is 23.7 Å². The molecule has 5 nitrogen and oxygen atoms in total. The summed E-state index contributed by atoms with van der Waals surface area (Å²) in [6.07, 6.45) is 3.27. The van der Waals surface area contributed by atoms with Gasteiger partial charge in [-0.1, -0.05) is 41.4 Å². The van der Waals surface area contributed by atoms with Crippen molar-refractivity contribution >= 4 is 37.5 Å². The van der Waals surface area contributed by atoms with Crippen LogP contribution in [0.5, 0.6) is 0 Å². The van der Waals surface area contributed by atoms with Gasteiger partial charge in [-0.25, -0.2) is 8.42 Å². The van der Waals surface area contributed by atoms with Crippen LogP contribution in [0.2, 0.25) is 0 Å². The van der Waals surface area contributed by atoms with Crippen molar-refractivity contribution in [2.24, 2.45) is 0 Å². The number of benzene rings is 2. The number of nitrogens with one attached hydrogen (secondary N) is 2. The van der Waals surface area contributed by atoms with Gasteiger partial charge in [0.25, 0.3) is 0 Å². The first kappa shape index (κ1) is 20.6. The lowest BCUT2D eigenvalue weighted by atomic mass is 10.1. The molecule has 0 saturated heterocycles. The van der Waals surface area contributed by atoms with Crippen LogP contribution in [0.1, 0.15) is 32.3 Å². The molecule has 0 bridgehead atoms. The molecule has 2 rings (SSSR count). The summed E-state index contributed by atoms with van der Waals surface area (Å²) in [5.74, 6) is -0.410. The molecule has 0 aliphatic carbocycles. The molecular formula is C19H23BrN2O3S. The lowest BCUT2D eigenvalue weighted by Gasteiger charge is -2.15. The number of sulfonamides is 1. The van der Waals surface area contributed by atoms with Crippen molar-refractivity contribution in [2.75, 3.05) is 5.32 Å². The van der Waals surface area contributed by atoms with Crippen molar-refractivity contribution in [1.82, 2.24) is 4.72 Å². The van der Waals surface area contributed by atoms with Crippen LogP contribution in [0.4, 0.5) is 5.69 Å². The molecule has 2 aromatic rings. The number of carbonyl (C=O) groups is 1. The largest absolute Gasteiger partial charge is 0.325 e. The summed E-state index contributed by atoms with van der Waals surface area (Å²) in [7, 11) is -3.76. The lowest BCUT2D eigenvalue weighted by Crippen LogP contribution is -2.41. The van der Waals surface area contributed by atoms with Crippen LogP contribution >= 0.6 is 15.9 Å². The van der Waals surface area contributed by atoms with Crippen LogP contribution in [-0.4, -0.2) is 20.4 Å². The fourth-order valence-electron chi connectivity index (χ4n) is 2.35. The second kappa shape index (κ2) is 9.30. The SMILES string of the molecule is CCCCc1ccc(NC(=O)C(C)NS(=O)(=O)c2ccc(Br)cc2)cc1. The normalized spacial score (nSPS) is 12.6. The highest BCUT2D eigenvalue weighted by atomic mass is 79.9. The third-order valence-corrected chi connectivity index (χ3v) is 5.97. The molecule has 1 amide bonds. The first-order valence-corrected chi connectivity index (χ1v) is 10.8. The first-order chi connectivity index (χ1) is 12.3. The highest BCUT2D eigenvalue weighted by Crippen LogP contribution is 2.16. The minimum Gasteiger partial charge on any atom is -0.325 e. The third kappa shape index (κ3) is 5.93. The zero-order valence-electron chi connectivity index (χ0n) is 14.8. The number of halogens is 1. The van der Waals surface area contributed by atoms with Gasteiger partial charge in [0.05, 0.1) is 10.9 Å². The molecule has 0 spiro atoms. The standard InChI is InChI=1S/C19H23BrN2O3S/c1-3-4-5-15-6-10-17(11-7-15)21-19(23)14(2)22-26(24,25)18-12-8-16(20)9-13-18/h6-14,22H,3-5H2,1-2H3,(H,21,23). The summed E-state index contributed by atoms with van der Waals surface area (Å²) in [4.78, 5) is 12.4. The zero-order chi connectivity index (χ0) is 19.2. The van der Waals surface area contributed by atoms with Crippen LogP contribution in [0.25, 0.3) is 0 Å². The number of rotatable bonds is 8. The molecule has 0 fully saturated rings. The molecule has 2 N–H and O–H groups in total. The van der Waals surface area contributed by atoms with E-state index in [9.17, 15) is 13.2 Å². The van der Waals surface area contributed by atoms with Gasteiger partial charge in [-0.2, -0.15) is 4.72 Å². The summed E-state index contributed by atoms with van der Waals surface area (Å²) in [5.41, 5.74) is 1.86. The zero-order valence-corrected chi connectivity index (χ0v) is 17.2. The minimum absolute atomic E-state index is 0.112. The average molecular weight is 439 g/mol. The molecule has 0 aromatic heterocycles. The van der Waals surface area contributed by atoms with E-state index in [1.54, 1.807) is 12.1 Å². The maximum Gasteiger partial charge on any atom is 0.242 e. The van der Waals surface area contributed by atoms with E-state index < -0.39 is 22.0 Å². The number of unbranched alkanes of at least 4 members (excludes halogenated alkanes) is 1. The van der Waals surface area contributed by atoms with E-state index in [4.69, 9.17) is 0 Å². The third-order valence-electron chi connectivity index (χ3n) is 3.89. The Bertz CT molecular complexity index is 834. The highest BCUT2D eigenvalue weighted by molar-refractivity contribution is 9.10. The molecule has 0 aliphatic heterocycles. The highest BCUT2D eigenvalue weighted by Gasteiger charge is 2.22. The number of hydrogen-bond acceptors (Lipinski definition) is 3. The predicted molar refractivity (Wildman–Crippen MR) is 108 cm³/mol. The topological polar surface area (TPSA) is 75.3 Å². The molecule has 0 saturated carbocycles. The Labute approximate surface area is 163 Å². The molecule has 2 aromatic carbocycles. The number of amides is 1. The van der Waals surface area contributed by atoms with Crippen LogP contribution in [0, 0.1) is 0 Å². The molecule has 140 valence electrons.